The van der Waals surface area contributed by atoms with Gasteiger partial charge in [0.2, 0.25) is 10.0 Å². The van der Waals surface area contributed by atoms with E-state index < -0.39 is 10.0 Å². The second kappa shape index (κ2) is 5.68. The number of hydrazine groups is 1. The summed E-state index contributed by atoms with van der Waals surface area (Å²) in [6, 6.07) is 5.72. The summed E-state index contributed by atoms with van der Waals surface area (Å²) in [5.41, 5.74) is 3.06. The Morgan fingerprint density at radius 2 is 1.89 bits per heavy atom. The van der Waals surface area contributed by atoms with Gasteiger partial charge in [0, 0.05) is 18.7 Å². The molecular weight excluding hydrogens is 266 g/mol. The van der Waals surface area contributed by atoms with E-state index in [4.69, 9.17) is 5.14 Å². The van der Waals surface area contributed by atoms with Gasteiger partial charge in [0.1, 0.15) is 0 Å². The Morgan fingerprint density at radius 1 is 1.21 bits per heavy atom. The van der Waals surface area contributed by atoms with Gasteiger partial charge >= 0.3 is 0 Å². The maximum Gasteiger partial charge on any atom is 0.265 e. The van der Waals surface area contributed by atoms with Gasteiger partial charge in [-0.05, 0) is 31.0 Å². The lowest BCUT2D eigenvalue weighted by Gasteiger charge is -2.26. The van der Waals surface area contributed by atoms with E-state index in [2.05, 4.69) is 5.43 Å². The number of carbonyl (C=O) groups is 1. The molecule has 1 aromatic carbocycles. The van der Waals surface area contributed by atoms with Crippen molar-refractivity contribution in [2.24, 2.45) is 5.14 Å². The number of primary sulfonamides is 1. The van der Waals surface area contributed by atoms with Gasteiger partial charge in [-0.15, -0.1) is 0 Å². The molecule has 19 heavy (non-hydrogen) atoms. The number of benzene rings is 1. The Kier molecular flexibility index (Phi) is 4.18. The summed E-state index contributed by atoms with van der Waals surface area (Å²) in [4.78, 5) is 11.9. The van der Waals surface area contributed by atoms with E-state index in [1.807, 2.05) is 5.01 Å². The van der Waals surface area contributed by atoms with E-state index >= 15 is 0 Å². The van der Waals surface area contributed by atoms with Crippen LogP contribution in [0.25, 0.3) is 0 Å². The Morgan fingerprint density at radius 3 is 2.53 bits per heavy atom. The predicted molar refractivity (Wildman–Crippen MR) is 70.7 cm³/mol. The third kappa shape index (κ3) is 3.76. The number of nitrogens with zero attached hydrogens (tertiary/aromatic N) is 1. The molecule has 1 fully saturated rings. The Hall–Kier alpha value is -1.44. The molecule has 0 unspecified atom stereocenters. The Labute approximate surface area is 112 Å². The standard InChI is InChI=1S/C12H17N3O3S/c13-19(17,18)11-6-4-5-10(9-11)12(16)14-15-7-2-1-3-8-15/h4-6,9H,1-3,7-8H2,(H,14,16)(H2,13,17,18). The van der Waals surface area contributed by atoms with Crippen LogP contribution in [-0.4, -0.2) is 32.4 Å². The van der Waals surface area contributed by atoms with Crippen LogP contribution in [0.2, 0.25) is 0 Å². The minimum Gasteiger partial charge on any atom is -0.285 e. The van der Waals surface area contributed by atoms with Gasteiger partial charge in [0.15, 0.2) is 0 Å². The lowest BCUT2D eigenvalue weighted by atomic mass is 10.1. The largest absolute Gasteiger partial charge is 0.285 e. The smallest absolute Gasteiger partial charge is 0.265 e. The number of carbonyl (C=O) groups excluding carboxylic acids is 1. The first-order valence-electron chi connectivity index (χ1n) is 6.15. The summed E-state index contributed by atoms with van der Waals surface area (Å²) in [6.45, 7) is 1.64. The van der Waals surface area contributed by atoms with Gasteiger partial charge in [0.05, 0.1) is 4.90 Å². The van der Waals surface area contributed by atoms with Crippen molar-refractivity contribution in [3.05, 3.63) is 29.8 Å². The minimum absolute atomic E-state index is 0.0567. The van der Waals surface area contributed by atoms with Crippen molar-refractivity contribution in [2.75, 3.05) is 13.1 Å². The van der Waals surface area contributed by atoms with Gasteiger partial charge < -0.3 is 0 Å². The number of hydrogen-bond acceptors (Lipinski definition) is 4. The van der Waals surface area contributed by atoms with E-state index in [9.17, 15) is 13.2 Å². The topological polar surface area (TPSA) is 92.5 Å². The number of nitrogens with two attached hydrogens (primary N) is 1. The summed E-state index contributed by atoms with van der Waals surface area (Å²) in [7, 11) is -3.79. The molecule has 1 aliphatic heterocycles. The average molecular weight is 283 g/mol. The van der Waals surface area contributed by atoms with E-state index in [1.165, 1.54) is 24.6 Å². The summed E-state index contributed by atoms with van der Waals surface area (Å²) in [6.07, 6.45) is 3.28. The van der Waals surface area contributed by atoms with Gasteiger partial charge in [-0.3, -0.25) is 10.2 Å². The average Bonchev–Trinajstić information content (AvgIpc) is 2.39. The number of nitrogens with one attached hydrogen (secondary N) is 1. The van der Waals surface area contributed by atoms with E-state index in [-0.39, 0.29) is 16.4 Å². The lowest BCUT2D eigenvalue weighted by Crippen LogP contribution is -2.45. The highest BCUT2D eigenvalue weighted by Crippen LogP contribution is 2.11. The molecule has 0 aromatic heterocycles. The molecule has 0 bridgehead atoms. The quantitative estimate of drug-likeness (QED) is 0.843. The van der Waals surface area contributed by atoms with E-state index in [0.717, 1.165) is 25.9 Å². The fourth-order valence-electron chi connectivity index (χ4n) is 2.03. The third-order valence-corrected chi connectivity index (χ3v) is 3.95. The first kappa shape index (κ1) is 14.0. The third-order valence-electron chi connectivity index (χ3n) is 3.04. The molecule has 0 atom stereocenters. The molecule has 2 rings (SSSR count). The molecule has 1 amide bonds. The predicted octanol–water partition coefficient (Wildman–Crippen LogP) is 0.465. The molecule has 1 saturated heterocycles. The fraction of sp³-hybridized carbons (Fsp3) is 0.417. The maximum absolute atomic E-state index is 12.0. The molecule has 104 valence electrons. The number of amides is 1. The number of rotatable bonds is 3. The second-order valence-corrected chi connectivity index (χ2v) is 6.12. The van der Waals surface area contributed by atoms with Crippen molar-refractivity contribution in [1.82, 2.24) is 10.4 Å². The van der Waals surface area contributed by atoms with E-state index in [1.54, 1.807) is 6.07 Å². The van der Waals surface area contributed by atoms with Crippen LogP contribution in [-0.2, 0) is 10.0 Å². The molecule has 1 heterocycles. The minimum atomic E-state index is -3.79. The number of piperidine rings is 1. The first-order valence-corrected chi connectivity index (χ1v) is 7.70. The van der Waals surface area contributed by atoms with Crippen LogP contribution >= 0.6 is 0 Å². The molecule has 7 heteroatoms. The highest BCUT2D eigenvalue weighted by atomic mass is 32.2. The molecule has 3 N–H and O–H groups in total. The normalized spacial score (nSPS) is 17.1. The number of sulfonamides is 1. The zero-order valence-corrected chi connectivity index (χ0v) is 11.3. The molecule has 1 aliphatic rings. The van der Waals surface area contributed by atoms with Crippen LogP contribution in [0.3, 0.4) is 0 Å². The summed E-state index contributed by atoms with van der Waals surface area (Å²) in [5.74, 6) is -0.313. The Balaban J connectivity index is 2.10. The zero-order valence-electron chi connectivity index (χ0n) is 10.5. The molecule has 6 nitrogen and oxygen atoms in total. The SMILES string of the molecule is NS(=O)(=O)c1cccc(C(=O)NN2CCCCC2)c1. The van der Waals surface area contributed by atoms with Gasteiger partial charge in [-0.2, -0.15) is 0 Å². The van der Waals surface area contributed by atoms with Gasteiger partial charge in [0.25, 0.3) is 5.91 Å². The highest BCUT2D eigenvalue weighted by molar-refractivity contribution is 7.89. The van der Waals surface area contributed by atoms with Crippen LogP contribution in [0.4, 0.5) is 0 Å². The van der Waals surface area contributed by atoms with Crippen molar-refractivity contribution < 1.29 is 13.2 Å². The first-order chi connectivity index (χ1) is 8.97. The fourth-order valence-corrected chi connectivity index (χ4v) is 2.59. The number of hydrogen-bond donors (Lipinski definition) is 2. The van der Waals surface area contributed by atoms with E-state index in [0.29, 0.717) is 0 Å². The summed E-state index contributed by atoms with van der Waals surface area (Å²) < 4.78 is 22.5. The van der Waals surface area contributed by atoms with Crippen molar-refractivity contribution in [1.29, 1.82) is 0 Å². The van der Waals surface area contributed by atoms with Crippen LogP contribution in [0.15, 0.2) is 29.2 Å². The molecule has 0 spiro atoms. The summed E-state index contributed by atoms with van der Waals surface area (Å²) >= 11 is 0. The summed E-state index contributed by atoms with van der Waals surface area (Å²) in [5, 5.41) is 6.90. The molecule has 0 aliphatic carbocycles. The maximum atomic E-state index is 12.0. The van der Waals surface area contributed by atoms with Crippen molar-refractivity contribution in [3.63, 3.8) is 0 Å². The molecular formula is C12H17N3O3S. The lowest BCUT2D eigenvalue weighted by molar-refractivity contribution is 0.0750. The van der Waals surface area contributed by atoms with Crippen LogP contribution in [0.1, 0.15) is 29.6 Å². The Bertz CT molecular complexity index is 565. The monoisotopic (exact) mass is 283 g/mol. The van der Waals surface area contributed by atoms with Crippen molar-refractivity contribution in [3.8, 4) is 0 Å². The van der Waals surface area contributed by atoms with Gasteiger partial charge in [-0.1, -0.05) is 12.5 Å². The van der Waals surface area contributed by atoms with Crippen LogP contribution in [0, 0.1) is 0 Å². The second-order valence-electron chi connectivity index (χ2n) is 4.56. The zero-order chi connectivity index (χ0) is 13.9. The molecule has 1 aromatic rings. The van der Waals surface area contributed by atoms with Gasteiger partial charge in [-0.25, -0.2) is 18.6 Å². The molecule has 0 radical (unpaired) electrons. The van der Waals surface area contributed by atoms with Crippen molar-refractivity contribution in [2.45, 2.75) is 24.2 Å². The van der Waals surface area contributed by atoms with Crippen LogP contribution < -0.4 is 10.6 Å². The van der Waals surface area contributed by atoms with Crippen LogP contribution in [0.5, 0.6) is 0 Å². The molecule has 0 saturated carbocycles. The van der Waals surface area contributed by atoms with Crippen molar-refractivity contribution >= 4 is 15.9 Å². The highest BCUT2D eigenvalue weighted by Gasteiger charge is 2.16.